The minimum absolute atomic E-state index is 0. The first-order chi connectivity index (χ1) is 12.1. The van der Waals surface area contributed by atoms with Crippen LogP contribution < -0.4 is 10.5 Å². The maximum atomic E-state index is 12.6. The van der Waals surface area contributed by atoms with Gasteiger partial charge in [0, 0.05) is 31.1 Å². The van der Waals surface area contributed by atoms with Crippen molar-refractivity contribution in [2.24, 2.45) is 16.1 Å². The van der Waals surface area contributed by atoms with Crippen molar-refractivity contribution in [2.75, 3.05) is 13.1 Å². The number of hydrogen-bond acceptors (Lipinski definition) is 5. The summed E-state index contributed by atoms with van der Waals surface area (Å²) in [7, 11) is -3.56. The Hall–Kier alpha value is -1.64. The van der Waals surface area contributed by atoms with Crippen molar-refractivity contribution in [1.29, 1.82) is 0 Å². The van der Waals surface area contributed by atoms with Gasteiger partial charge >= 0.3 is 0 Å². The standard InChI is InChI=1S/C18H26N4O3S.ClH/c1-12(10-16(23)22-9-8-15(19)18(2,3)11-22)20-17-13-6-4-5-7-14(13)26(24,25)21-17;/h4-7,12,15H,8-11,19H2,1-3H3,(H,20,21);1H. The molecule has 0 saturated carbocycles. The molecule has 1 aromatic rings. The third-order valence-electron chi connectivity index (χ3n) is 5.15. The van der Waals surface area contributed by atoms with Crippen molar-refractivity contribution in [1.82, 2.24) is 9.62 Å². The van der Waals surface area contributed by atoms with Crippen molar-refractivity contribution in [3.05, 3.63) is 29.8 Å². The molecular weight excluding hydrogens is 388 g/mol. The van der Waals surface area contributed by atoms with Crippen LogP contribution in [0.25, 0.3) is 0 Å². The first-order valence-electron chi connectivity index (χ1n) is 8.83. The highest BCUT2D eigenvalue weighted by Gasteiger charge is 2.36. The maximum absolute atomic E-state index is 12.6. The van der Waals surface area contributed by atoms with Crippen molar-refractivity contribution in [3.63, 3.8) is 0 Å². The van der Waals surface area contributed by atoms with E-state index in [9.17, 15) is 13.2 Å². The number of likely N-dealkylation sites (tertiary alicyclic amines) is 1. The number of carbonyl (C=O) groups is 1. The Morgan fingerprint density at radius 2 is 2.07 bits per heavy atom. The highest BCUT2D eigenvalue weighted by molar-refractivity contribution is 7.90. The molecule has 0 bridgehead atoms. The smallest absolute Gasteiger partial charge is 0.263 e. The Morgan fingerprint density at radius 3 is 2.74 bits per heavy atom. The van der Waals surface area contributed by atoms with Gasteiger partial charge in [0.15, 0.2) is 0 Å². The summed E-state index contributed by atoms with van der Waals surface area (Å²) in [6.45, 7) is 7.25. The zero-order valence-electron chi connectivity index (χ0n) is 15.8. The Kier molecular flexibility index (Phi) is 6.23. The van der Waals surface area contributed by atoms with Crippen molar-refractivity contribution in [2.45, 2.75) is 50.6 Å². The minimum Gasteiger partial charge on any atom is -0.342 e. The van der Waals surface area contributed by atoms with Crippen LogP contribution in [0.4, 0.5) is 0 Å². The molecule has 2 heterocycles. The summed E-state index contributed by atoms with van der Waals surface area (Å²) in [4.78, 5) is 19.1. The van der Waals surface area contributed by atoms with Gasteiger partial charge in [-0.25, -0.2) is 8.42 Å². The van der Waals surface area contributed by atoms with Gasteiger partial charge in [0.2, 0.25) is 5.91 Å². The summed E-state index contributed by atoms with van der Waals surface area (Å²) in [6.07, 6.45) is 1.02. The molecule has 3 N–H and O–H groups in total. The van der Waals surface area contributed by atoms with Crippen LogP contribution in [0, 0.1) is 5.41 Å². The number of carbonyl (C=O) groups excluding carboxylic acids is 1. The van der Waals surface area contributed by atoms with Crippen LogP contribution in [0.5, 0.6) is 0 Å². The van der Waals surface area contributed by atoms with Crippen molar-refractivity contribution < 1.29 is 13.2 Å². The van der Waals surface area contributed by atoms with E-state index >= 15 is 0 Å². The zero-order chi connectivity index (χ0) is 19.1. The molecule has 0 aliphatic carbocycles. The highest BCUT2D eigenvalue weighted by Crippen LogP contribution is 2.28. The number of sulfonamides is 1. The molecule has 1 amide bonds. The number of nitrogens with two attached hydrogens (primary N) is 1. The van der Waals surface area contributed by atoms with E-state index in [-0.39, 0.29) is 47.1 Å². The van der Waals surface area contributed by atoms with Gasteiger partial charge in [-0.05, 0) is 30.9 Å². The molecule has 1 fully saturated rings. The van der Waals surface area contributed by atoms with Crippen LogP contribution in [0.2, 0.25) is 0 Å². The third-order valence-corrected chi connectivity index (χ3v) is 6.54. The van der Waals surface area contributed by atoms with E-state index < -0.39 is 10.0 Å². The van der Waals surface area contributed by atoms with Gasteiger partial charge < -0.3 is 10.6 Å². The summed E-state index contributed by atoms with van der Waals surface area (Å²) in [5.74, 6) is 0.331. The van der Waals surface area contributed by atoms with E-state index in [1.54, 1.807) is 24.3 Å². The van der Waals surface area contributed by atoms with E-state index in [0.717, 1.165) is 6.42 Å². The number of halogens is 1. The Labute approximate surface area is 166 Å². The van der Waals surface area contributed by atoms with Crippen LogP contribution >= 0.6 is 12.4 Å². The quantitative estimate of drug-likeness (QED) is 0.781. The number of amidine groups is 1. The number of benzene rings is 1. The van der Waals surface area contributed by atoms with Gasteiger partial charge in [0.1, 0.15) is 5.84 Å². The lowest BCUT2D eigenvalue weighted by Crippen LogP contribution is -2.54. The second-order valence-electron chi connectivity index (χ2n) is 7.83. The molecule has 2 aliphatic rings. The number of aliphatic imine (C=N–C) groups is 1. The average Bonchev–Trinajstić information content (AvgIpc) is 2.81. The largest absolute Gasteiger partial charge is 0.342 e. The first-order valence-corrected chi connectivity index (χ1v) is 10.3. The molecule has 27 heavy (non-hydrogen) atoms. The van der Waals surface area contributed by atoms with E-state index in [1.165, 1.54) is 0 Å². The monoisotopic (exact) mass is 414 g/mol. The molecule has 1 saturated heterocycles. The lowest BCUT2D eigenvalue weighted by molar-refractivity contribution is -0.134. The van der Waals surface area contributed by atoms with Gasteiger partial charge in [-0.3, -0.25) is 14.5 Å². The first kappa shape index (κ1) is 21.7. The molecular formula is C18H27ClN4O3S. The summed E-state index contributed by atoms with van der Waals surface area (Å²) in [5.41, 5.74) is 6.58. The van der Waals surface area contributed by atoms with Crippen LogP contribution in [0.1, 0.15) is 39.2 Å². The zero-order valence-corrected chi connectivity index (χ0v) is 17.4. The van der Waals surface area contributed by atoms with Crippen LogP contribution in [-0.4, -0.2) is 50.2 Å². The molecule has 9 heteroatoms. The minimum atomic E-state index is -3.56. The fourth-order valence-electron chi connectivity index (χ4n) is 3.46. The van der Waals surface area contributed by atoms with Crippen molar-refractivity contribution in [3.8, 4) is 0 Å². The number of fused-ring (bicyclic) bond motifs is 1. The number of amides is 1. The molecule has 1 aromatic carbocycles. The van der Waals surface area contributed by atoms with Gasteiger partial charge in [-0.15, -0.1) is 12.4 Å². The normalized spacial score (nSPS) is 25.3. The van der Waals surface area contributed by atoms with Gasteiger partial charge in [0.25, 0.3) is 10.0 Å². The third kappa shape index (κ3) is 4.44. The topological polar surface area (TPSA) is 105 Å². The summed E-state index contributed by atoms with van der Waals surface area (Å²) < 4.78 is 26.8. The fraction of sp³-hybridized carbons (Fsp3) is 0.556. The lowest BCUT2D eigenvalue weighted by Gasteiger charge is -2.42. The number of piperidine rings is 1. The SMILES string of the molecule is CC(CC(=O)N1CCC(N)C(C)(C)C1)N=C1NS(=O)(=O)c2ccccc21.Cl. The average molecular weight is 415 g/mol. The van der Waals surface area contributed by atoms with E-state index in [2.05, 4.69) is 23.6 Å². The second kappa shape index (κ2) is 7.77. The number of hydrogen-bond donors (Lipinski definition) is 2. The Morgan fingerprint density at radius 1 is 1.41 bits per heavy atom. The molecule has 2 aliphatic heterocycles. The number of nitrogens with zero attached hydrogens (tertiary/aromatic N) is 2. The molecule has 3 rings (SSSR count). The van der Waals surface area contributed by atoms with Crippen molar-refractivity contribution >= 4 is 34.2 Å². The molecule has 7 nitrogen and oxygen atoms in total. The van der Waals surface area contributed by atoms with Crippen LogP contribution in [0.3, 0.4) is 0 Å². The van der Waals surface area contributed by atoms with Gasteiger partial charge in [0.05, 0.1) is 10.9 Å². The maximum Gasteiger partial charge on any atom is 0.263 e. The molecule has 2 unspecified atom stereocenters. The predicted molar refractivity (Wildman–Crippen MR) is 108 cm³/mol. The fourth-order valence-corrected chi connectivity index (χ4v) is 4.70. The molecule has 150 valence electrons. The Bertz CT molecular complexity index is 854. The van der Waals surface area contributed by atoms with E-state index in [4.69, 9.17) is 5.73 Å². The van der Waals surface area contributed by atoms with Crippen LogP contribution in [0.15, 0.2) is 34.2 Å². The van der Waals surface area contributed by atoms with Gasteiger partial charge in [-0.2, -0.15) is 0 Å². The second-order valence-corrected chi connectivity index (χ2v) is 9.48. The Balaban J connectivity index is 0.00000261. The predicted octanol–water partition coefficient (Wildman–Crippen LogP) is 1.51. The van der Waals surface area contributed by atoms with E-state index in [1.807, 2.05) is 11.8 Å². The highest BCUT2D eigenvalue weighted by atomic mass is 35.5. The van der Waals surface area contributed by atoms with Gasteiger partial charge in [-0.1, -0.05) is 26.0 Å². The number of nitrogens with one attached hydrogen (secondary N) is 1. The summed E-state index contributed by atoms with van der Waals surface area (Å²) in [5, 5.41) is 0. The molecule has 2 atom stereocenters. The number of rotatable bonds is 3. The van der Waals surface area contributed by atoms with Crippen LogP contribution in [-0.2, 0) is 14.8 Å². The molecule has 0 radical (unpaired) electrons. The lowest BCUT2D eigenvalue weighted by atomic mass is 9.79. The molecule has 0 aromatic heterocycles. The van der Waals surface area contributed by atoms with E-state index in [0.29, 0.717) is 24.5 Å². The summed E-state index contributed by atoms with van der Waals surface area (Å²) >= 11 is 0. The molecule has 0 spiro atoms. The summed E-state index contributed by atoms with van der Waals surface area (Å²) in [6, 6.07) is 6.48.